The topological polar surface area (TPSA) is 118 Å². The van der Waals surface area contributed by atoms with Crippen LogP contribution in [-0.4, -0.2) is 32.9 Å². The fourth-order valence-corrected chi connectivity index (χ4v) is 8.72. The van der Waals surface area contributed by atoms with E-state index < -0.39 is 35.7 Å². The number of carbonyl (C=O) groups is 3. The fraction of sp³-hybridized carbons (Fsp3) is 0.100. The molecule has 9 heteroatoms. The van der Waals surface area contributed by atoms with E-state index in [0.29, 0.717) is 17.1 Å². The van der Waals surface area contributed by atoms with Crippen molar-refractivity contribution >= 4 is 17.9 Å². The molecular weight excluding hydrogens is 859 g/mol. The monoisotopic (exact) mass is 903 g/mol. The highest BCUT2D eigenvalue weighted by molar-refractivity contribution is 5.83. The minimum Gasteiger partial charge on any atom is -0.425 e. The van der Waals surface area contributed by atoms with E-state index in [9.17, 15) is 14.4 Å². The highest BCUT2D eigenvalue weighted by atomic mass is 16.5. The number of carbonyl (C=O) groups excluding carboxylic acids is 3. The Labute approximate surface area is 400 Å². The number of nitrogens with zero attached hydrogens (tertiary/aromatic N) is 3. The molecule has 0 N–H and O–H groups in total. The van der Waals surface area contributed by atoms with Crippen LogP contribution in [0.3, 0.4) is 0 Å². The van der Waals surface area contributed by atoms with Gasteiger partial charge in [-0.2, -0.15) is 0 Å². The molecule has 0 saturated heterocycles. The number of esters is 3. The van der Waals surface area contributed by atoms with Crippen LogP contribution in [-0.2, 0) is 14.4 Å². The highest BCUT2D eigenvalue weighted by Crippen LogP contribution is 2.37. The molecule has 0 spiro atoms. The molecule has 1 aliphatic carbocycles. The molecule has 0 amide bonds. The van der Waals surface area contributed by atoms with Crippen LogP contribution in [0.25, 0.3) is 67.2 Å². The number of rotatable bonds is 12. The average molecular weight is 904 g/mol. The maximum atomic E-state index is 13.9. The molecular formula is C60H45N3O6. The summed E-state index contributed by atoms with van der Waals surface area (Å²) in [5.74, 6) is -3.48. The summed E-state index contributed by atoms with van der Waals surface area (Å²) in [5.41, 5.74) is 11.5. The van der Waals surface area contributed by atoms with Crippen molar-refractivity contribution in [1.82, 2.24) is 15.0 Å². The van der Waals surface area contributed by atoms with Crippen LogP contribution in [0.15, 0.2) is 219 Å². The molecule has 0 bridgehead atoms. The van der Waals surface area contributed by atoms with E-state index >= 15 is 0 Å². The molecule has 0 aliphatic heterocycles. The molecule has 10 rings (SSSR count). The van der Waals surface area contributed by atoms with Crippen LogP contribution >= 0.6 is 0 Å². The van der Waals surface area contributed by atoms with E-state index in [-0.39, 0.29) is 36.5 Å². The second-order valence-corrected chi connectivity index (χ2v) is 17.0. The maximum Gasteiger partial charge on any atom is 0.314 e. The first-order chi connectivity index (χ1) is 33.9. The summed E-state index contributed by atoms with van der Waals surface area (Å²) in [5, 5.41) is 0. The molecule has 9 nitrogen and oxygen atoms in total. The molecule has 3 heterocycles. The summed E-state index contributed by atoms with van der Waals surface area (Å²) in [6, 6.07) is 65.1. The summed E-state index contributed by atoms with van der Waals surface area (Å²) < 4.78 is 17.6. The van der Waals surface area contributed by atoms with Gasteiger partial charge in [-0.3, -0.25) is 29.3 Å². The Hall–Kier alpha value is -8.82. The lowest BCUT2D eigenvalue weighted by atomic mass is 9.75. The van der Waals surface area contributed by atoms with Gasteiger partial charge in [0.25, 0.3) is 0 Å². The Morgan fingerprint density at radius 3 is 0.754 bits per heavy atom. The third kappa shape index (κ3) is 10.6. The summed E-state index contributed by atoms with van der Waals surface area (Å²) in [6.07, 6.45) is 4.84. The molecule has 0 atom stereocenters. The van der Waals surface area contributed by atoms with Gasteiger partial charge < -0.3 is 14.2 Å². The van der Waals surface area contributed by atoms with E-state index in [1.54, 1.807) is 36.4 Å². The summed E-state index contributed by atoms with van der Waals surface area (Å²) in [4.78, 5) is 55.5. The van der Waals surface area contributed by atoms with Crippen molar-refractivity contribution in [2.24, 2.45) is 17.8 Å². The van der Waals surface area contributed by atoms with E-state index in [1.165, 1.54) is 18.6 Å². The molecule has 0 unspecified atom stereocenters. The number of aromatic nitrogens is 3. The summed E-state index contributed by atoms with van der Waals surface area (Å²) in [6.45, 7) is 0. The lowest BCUT2D eigenvalue weighted by molar-refractivity contribution is -0.150. The summed E-state index contributed by atoms with van der Waals surface area (Å²) in [7, 11) is 0. The molecule has 1 saturated carbocycles. The van der Waals surface area contributed by atoms with Gasteiger partial charge in [0, 0.05) is 16.7 Å². The van der Waals surface area contributed by atoms with Crippen LogP contribution in [0.5, 0.6) is 17.2 Å². The number of ether oxygens (including phenoxy) is 3. The zero-order valence-corrected chi connectivity index (χ0v) is 37.4. The number of pyridine rings is 3. The van der Waals surface area contributed by atoms with E-state index in [2.05, 4.69) is 51.4 Å². The van der Waals surface area contributed by atoms with E-state index in [4.69, 9.17) is 14.2 Å². The molecule has 1 aliphatic rings. The first-order valence-corrected chi connectivity index (χ1v) is 22.9. The Bertz CT molecular complexity index is 2810. The maximum absolute atomic E-state index is 13.9. The first-order valence-electron chi connectivity index (χ1n) is 22.9. The van der Waals surface area contributed by atoms with Crippen molar-refractivity contribution < 1.29 is 28.6 Å². The van der Waals surface area contributed by atoms with Crippen molar-refractivity contribution in [2.45, 2.75) is 19.3 Å². The van der Waals surface area contributed by atoms with Crippen LogP contribution in [0.1, 0.15) is 19.3 Å². The molecule has 336 valence electrons. The average Bonchev–Trinajstić information content (AvgIpc) is 3.42. The van der Waals surface area contributed by atoms with E-state index in [0.717, 1.165) is 50.1 Å². The number of hydrogen-bond donors (Lipinski definition) is 0. The van der Waals surface area contributed by atoms with Gasteiger partial charge >= 0.3 is 17.9 Å². The Morgan fingerprint density at radius 2 is 0.522 bits per heavy atom. The quantitative estimate of drug-likeness (QED) is 0.110. The summed E-state index contributed by atoms with van der Waals surface area (Å²) >= 11 is 0. The lowest BCUT2D eigenvalue weighted by Gasteiger charge is -2.31. The third-order valence-corrected chi connectivity index (χ3v) is 12.4. The van der Waals surface area contributed by atoms with Gasteiger partial charge in [0.15, 0.2) is 0 Å². The Kier molecular flexibility index (Phi) is 13.0. The molecule has 1 fully saturated rings. The number of benzene rings is 6. The number of hydrogen-bond acceptors (Lipinski definition) is 9. The highest BCUT2D eigenvalue weighted by Gasteiger charge is 2.42. The second kappa shape index (κ2) is 20.4. The lowest BCUT2D eigenvalue weighted by Crippen LogP contribution is -2.39. The van der Waals surface area contributed by atoms with Crippen molar-refractivity contribution in [1.29, 1.82) is 0 Å². The molecule has 9 aromatic rings. The Balaban J connectivity index is 0.822. The van der Waals surface area contributed by atoms with Crippen molar-refractivity contribution in [2.75, 3.05) is 0 Å². The zero-order chi connectivity index (χ0) is 46.9. The Morgan fingerprint density at radius 1 is 0.290 bits per heavy atom. The van der Waals surface area contributed by atoms with Crippen LogP contribution in [0.4, 0.5) is 0 Å². The largest absolute Gasteiger partial charge is 0.425 e. The van der Waals surface area contributed by atoms with Gasteiger partial charge in [0.2, 0.25) is 0 Å². The second-order valence-electron chi connectivity index (χ2n) is 17.0. The standard InChI is InChI=1S/C60H45N3O6/c64-58(67-52-28-31-55(61-37-52)46-22-16-43(17-23-46)40-10-4-1-5-11-40)49-34-50(59(65)68-53-29-32-56(62-38-53)47-24-18-44(19-25-47)41-12-6-2-7-13-41)36-51(35-49)60(66)69-54-30-33-57(63-39-54)48-26-20-45(21-27-48)42-14-8-3-9-15-42/h1-33,37-39,49-51H,34-36H2. The van der Waals surface area contributed by atoms with E-state index in [1.807, 2.05) is 127 Å². The molecule has 69 heavy (non-hydrogen) atoms. The van der Waals surface area contributed by atoms with Crippen molar-refractivity contribution in [3.05, 3.63) is 219 Å². The van der Waals surface area contributed by atoms with Crippen molar-refractivity contribution in [3.63, 3.8) is 0 Å². The van der Waals surface area contributed by atoms with Gasteiger partial charge in [0.05, 0.1) is 53.4 Å². The molecule has 0 radical (unpaired) electrons. The molecule has 6 aromatic carbocycles. The predicted molar refractivity (Wildman–Crippen MR) is 267 cm³/mol. The SMILES string of the molecule is O=C(Oc1ccc(-c2ccc(-c3ccccc3)cc2)nc1)C1CC(C(=O)Oc2ccc(-c3ccc(-c4ccccc4)cc3)nc2)CC(C(=O)Oc2ccc(-c3ccc(-c4ccccc4)cc3)nc2)C1. The van der Waals surface area contributed by atoms with Crippen LogP contribution < -0.4 is 14.2 Å². The fourth-order valence-electron chi connectivity index (χ4n) is 8.72. The van der Waals surface area contributed by atoms with Crippen LogP contribution in [0.2, 0.25) is 0 Å². The minimum atomic E-state index is -0.822. The predicted octanol–water partition coefficient (Wildman–Crippen LogP) is 13.0. The smallest absolute Gasteiger partial charge is 0.314 e. The third-order valence-electron chi connectivity index (χ3n) is 12.4. The minimum absolute atomic E-state index is 0.110. The van der Waals surface area contributed by atoms with Gasteiger partial charge in [-0.1, -0.05) is 164 Å². The first kappa shape index (κ1) is 44.0. The van der Waals surface area contributed by atoms with Crippen molar-refractivity contribution in [3.8, 4) is 84.4 Å². The van der Waals surface area contributed by atoms with Gasteiger partial charge in [-0.15, -0.1) is 0 Å². The van der Waals surface area contributed by atoms with Gasteiger partial charge in [-0.25, -0.2) is 0 Å². The zero-order valence-electron chi connectivity index (χ0n) is 37.4. The van der Waals surface area contributed by atoms with Gasteiger partial charge in [-0.05, 0) is 89.0 Å². The van der Waals surface area contributed by atoms with Gasteiger partial charge in [0.1, 0.15) is 17.2 Å². The van der Waals surface area contributed by atoms with Crippen LogP contribution in [0, 0.1) is 17.8 Å². The molecule has 3 aromatic heterocycles. The normalized spacial score (nSPS) is 15.4.